The van der Waals surface area contributed by atoms with E-state index in [1.807, 2.05) is 6.92 Å². The highest BCUT2D eigenvalue weighted by molar-refractivity contribution is 4.93. The van der Waals surface area contributed by atoms with Gasteiger partial charge in [-0.2, -0.15) is 0 Å². The monoisotopic (exact) mass is 233 g/mol. The smallest absolute Gasteiger partial charge is 0.256 e. The van der Waals surface area contributed by atoms with Crippen LogP contribution in [0.25, 0.3) is 0 Å². The van der Waals surface area contributed by atoms with E-state index >= 15 is 0 Å². The Balaban J connectivity index is 2.59. The molecule has 0 aromatic heterocycles. The quantitative estimate of drug-likeness (QED) is 0.708. The van der Waals surface area contributed by atoms with Crippen molar-refractivity contribution in [3.05, 3.63) is 0 Å². The van der Waals surface area contributed by atoms with Crippen LogP contribution < -0.4 is 5.32 Å². The summed E-state index contributed by atoms with van der Waals surface area (Å²) >= 11 is 0. The second-order valence-electron chi connectivity index (χ2n) is 5.07. The minimum absolute atomic E-state index is 0.638. The average Bonchev–Trinajstić information content (AvgIpc) is 2.44. The largest absolute Gasteiger partial charge is 0.307 e. The van der Waals surface area contributed by atoms with E-state index in [4.69, 9.17) is 0 Å². The summed E-state index contributed by atoms with van der Waals surface area (Å²) in [5.41, 5.74) is -0.892. The van der Waals surface area contributed by atoms with E-state index < -0.39 is 12.0 Å². The summed E-state index contributed by atoms with van der Waals surface area (Å²) < 4.78 is 26.4. The van der Waals surface area contributed by atoms with Crippen LogP contribution in [-0.4, -0.2) is 18.5 Å². The van der Waals surface area contributed by atoms with Gasteiger partial charge in [-0.3, -0.25) is 0 Å². The summed E-state index contributed by atoms with van der Waals surface area (Å²) in [4.78, 5) is 0. The summed E-state index contributed by atoms with van der Waals surface area (Å²) in [6.45, 7) is 4.73. The zero-order valence-electron chi connectivity index (χ0n) is 10.6. The van der Waals surface area contributed by atoms with Crippen LogP contribution in [0.5, 0.6) is 0 Å². The van der Waals surface area contributed by atoms with Crippen LogP contribution in [0.15, 0.2) is 0 Å². The lowest BCUT2D eigenvalue weighted by atomic mass is 9.89. The van der Waals surface area contributed by atoms with Crippen LogP contribution >= 0.6 is 0 Å². The molecule has 16 heavy (non-hydrogen) atoms. The number of hydrogen-bond acceptors (Lipinski definition) is 1. The van der Waals surface area contributed by atoms with Crippen LogP contribution in [0.1, 0.15) is 58.8 Å². The van der Waals surface area contributed by atoms with E-state index in [-0.39, 0.29) is 0 Å². The molecule has 0 aromatic rings. The molecule has 1 nitrogen and oxygen atoms in total. The first kappa shape index (κ1) is 13.9. The Kier molecular flexibility index (Phi) is 5.67. The molecular formula is C13H25F2N. The molecule has 2 atom stereocenters. The van der Waals surface area contributed by atoms with Crippen LogP contribution in [0.2, 0.25) is 0 Å². The maximum Gasteiger partial charge on any atom is 0.256 e. The highest BCUT2D eigenvalue weighted by atomic mass is 19.3. The molecule has 3 heteroatoms. The zero-order valence-corrected chi connectivity index (χ0v) is 10.6. The second-order valence-corrected chi connectivity index (χ2v) is 5.07. The van der Waals surface area contributed by atoms with Gasteiger partial charge in [-0.15, -0.1) is 0 Å². The van der Waals surface area contributed by atoms with Gasteiger partial charge in [0.25, 0.3) is 6.43 Å². The third kappa shape index (κ3) is 3.41. The molecule has 1 aliphatic rings. The van der Waals surface area contributed by atoms with Gasteiger partial charge in [0.15, 0.2) is 0 Å². The van der Waals surface area contributed by atoms with Crippen molar-refractivity contribution in [2.24, 2.45) is 5.92 Å². The van der Waals surface area contributed by atoms with Gasteiger partial charge in [-0.25, -0.2) is 8.78 Å². The van der Waals surface area contributed by atoms with Crippen molar-refractivity contribution in [3.8, 4) is 0 Å². The van der Waals surface area contributed by atoms with Gasteiger partial charge in [-0.05, 0) is 31.7 Å². The van der Waals surface area contributed by atoms with Crippen molar-refractivity contribution in [1.82, 2.24) is 5.32 Å². The molecule has 1 fully saturated rings. The second kappa shape index (κ2) is 6.53. The Bertz CT molecular complexity index is 196. The Morgan fingerprint density at radius 1 is 1.25 bits per heavy atom. The maximum atomic E-state index is 13.2. The lowest BCUT2D eigenvalue weighted by Gasteiger charge is -2.33. The van der Waals surface area contributed by atoms with Crippen LogP contribution in [0, 0.1) is 5.92 Å². The Morgan fingerprint density at radius 2 is 2.00 bits per heavy atom. The highest BCUT2D eigenvalue weighted by Crippen LogP contribution is 2.36. The van der Waals surface area contributed by atoms with Crippen molar-refractivity contribution in [2.45, 2.75) is 70.8 Å². The molecule has 0 bridgehead atoms. The van der Waals surface area contributed by atoms with Crippen molar-refractivity contribution >= 4 is 0 Å². The minimum Gasteiger partial charge on any atom is -0.307 e. The number of rotatable bonds is 5. The van der Waals surface area contributed by atoms with E-state index in [1.54, 1.807) is 0 Å². The minimum atomic E-state index is -2.23. The van der Waals surface area contributed by atoms with Gasteiger partial charge in [0.05, 0.1) is 5.54 Å². The van der Waals surface area contributed by atoms with Gasteiger partial charge in [0.1, 0.15) is 0 Å². The van der Waals surface area contributed by atoms with Crippen LogP contribution in [-0.2, 0) is 0 Å². The van der Waals surface area contributed by atoms with E-state index in [1.165, 1.54) is 12.8 Å². The van der Waals surface area contributed by atoms with Gasteiger partial charge >= 0.3 is 0 Å². The Labute approximate surface area is 98.0 Å². The Hall–Kier alpha value is -0.180. The Morgan fingerprint density at radius 3 is 2.56 bits per heavy atom. The average molecular weight is 233 g/mol. The molecule has 1 saturated carbocycles. The lowest BCUT2D eigenvalue weighted by molar-refractivity contribution is 0.0202. The molecule has 96 valence electrons. The molecule has 0 amide bonds. The fourth-order valence-electron chi connectivity index (χ4n) is 2.96. The molecule has 0 heterocycles. The number of alkyl halides is 2. The van der Waals surface area contributed by atoms with Crippen molar-refractivity contribution in [3.63, 3.8) is 0 Å². The van der Waals surface area contributed by atoms with Crippen LogP contribution in [0.3, 0.4) is 0 Å². The summed E-state index contributed by atoms with van der Waals surface area (Å²) in [6.07, 6.45) is 4.47. The number of hydrogen-bond donors (Lipinski definition) is 1. The highest BCUT2D eigenvalue weighted by Gasteiger charge is 2.40. The van der Waals surface area contributed by atoms with E-state index in [2.05, 4.69) is 12.2 Å². The maximum absolute atomic E-state index is 13.2. The van der Waals surface area contributed by atoms with Gasteiger partial charge in [-0.1, -0.05) is 39.5 Å². The molecule has 1 rings (SSSR count). The van der Waals surface area contributed by atoms with Crippen molar-refractivity contribution in [2.75, 3.05) is 6.54 Å². The van der Waals surface area contributed by atoms with Crippen molar-refractivity contribution < 1.29 is 8.78 Å². The third-order valence-electron chi connectivity index (χ3n) is 3.88. The first-order valence-electron chi connectivity index (χ1n) is 6.67. The van der Waals surface area contributed by atoms with E-state index in [0.29, 0.717) is 25.3 Å². The molecule has 0 saturated heterocycles. The molecule has 2 unspecified atom stereocenters. The van der Waals surface area contributed by atoms with E-state index in [0.717, 1.165) is 19.3 Å². The van der Waals surface area contributed by atoms with E-state index in [9.17, 15) is 8.78 Å². The molecule has 0 radical (unpaired) electrons. The first-order chi connectivity index (χ1) is 7.64. The summed E-state index contributed by atoms with van der Waals surface area (Å²) in [5, 5.41) is 3.05. The number of halogens is 2. The fraction of sp³-hybridized carbons (Fsp3) is 1.00. The normalized spacial score (nSPS) is 31.7. The molecular weight excluding hydrogens is 208 g/mol. The molecule has 0 aliphatic heterocycles. The number of nitrogens with one attached hydrogen (secondary N) is 1. The summed E-state index contributed by atoms with van der Waals surface area (Å²) in [7, 11) is 0. The van der Waals surface area contributed by atoms with Crippen LogP contribution in [0.4, 0.5) is 8.78 Å². The van der Waals surface area contributed by atoms with Crippen molar-refractivity contribution in [1.29, 1.82) is 0 Å². The van der Waals surface area contributed by atoms with Gasteiger partial charge in [0.2, 0.25) is 0 Å². The summed E-state index contributed by atoms with van der Waals surface area (Å²) in [6, 6.07) is 0. The molecule has 1 aliphatic carbocycles. The molecule has 1 N–H and O–H groups in total. The zero-order chi connectivity index (χ0) is 12.0. The van der Waals surface area contributed by atoms with Gasteiger partial charge < -0.3 is 5.32 Å². The first-order valence-corrected chi connectivity index (χ1v) is 6.67. The molecule has 0 aromatic carbocycles. The summed E-state index contributed by atoms with van der Waals surface area (Å²) in [5.74, 6) is 0.671. The SMILES string of the molecule is CCCC1CCCC(NCC)(C(F)F)CC1. The standard InChI is InChI=1S/C13H25F2N/c1-3-6-11-7-5-9-13(10-8-11,12(14)15)16-4-2/h11-12,16H,3-10H2,1-2H3. The molecule has 0 spiro atoms. The lowest BCUT2D eigenvalue weighted by Crippen LogP contribution is -2.50. The predicted molar refractivity (Wildman–Crippen MR) is 63.9 cm³/mol. The van der Waals surface area contributed by atoms with Gasteiger partial charge in [0, 0.05) is 0 Å². The third-order valence-corrected chi connectivity index (χ3v) is 3.88. The fourth-order valence-corrected chi connectivity index (χ4v) is 2.96. The predicted octanol–water partition coefficient (Wildman–Crippen LogP) is 3.98. The topological polar surface area (TPSA) is 12.0 Å².